The fraction of sp³-hybridized carbons (Fsp3) is 0. The monoisotopic (exact) mass is 930 g/mol. The van der Waals surface area contributed by atoms with E-state index in [-0.39, 0.29) is 87.2 Å². The van der Waals surface area contributed by atoms with Gasteiger partial charge in [0.25, 0.3) is 0 Å². The standard InChI is InChI=1S/C44H16Cl4F10N4/c45-15-3-1-4-16(46)27(15)29-19-7-11-23(59-19)31(33-35(49)39(53)43(57)40(54)36(33)50)25-13-9-21(61-25)30(28-17(47)5-2-6-18(28)48)22-10-14-26(62-22)32(24-12-8-20(29)60-24)34-37(51)41(55)44(58)42(56)38(34)52/h1-14,59,62H. The summed E-state index contributed by atoms with van der Waals surface area (Å²) < 4.78 is 152. The maximum atomic E-state index is 15.9. The minimum absolute atomic E-state index is 0.00469. The normalized spacial score (nSPS) is 12.2. The van der Waals surface area contributed by atoms with Crippen molar-refractivity contribution in [3.8, 4) is 44.5 Å². The first kappa shape index (κ1) is 41.3. The van der Waals surface area contributed by atoms with Gasteiger partial charge in [0, 0.05) is 55.4 Å². The molecule has 2 aliphatic rings. The molecular weight excluding hydrogens is 916 g/mol. The lowest BCUT2D eigenvalue weighted by atomic mass is 10.0. The molecule has 3 aromatic heterocycles. The van der Waals surface area contributed by atoms with E-state index in [1.54, 1.807) is 0 Å². The van der Waals surface area contributed by atoms with Crippen LogP contribution in [0.1, 0.15) is 22.8 Å². The van der Waals surface area contributed by atoms with Crippen molar-refractivity contribution in [3.05, 3.63) is 162 Å². The average molecular weight is 932 g/mol. The zero-order valence-electron chi connectivity index (χ0n) is 30.3. The Labute approximate surface area is 361 Å². The van der Waals surface area contributed by atoms with Crippen molar-refractivity contribution < 1.29 is 43.9 Å². The van der Waals surface area contributed by atoms with Crippen LogP contribution < -0.4 is 0 Å². The minimum atomic E-state index is -2.41. The number of nitrogens with zero attached hydrogens (tertiary/aromatic N) is 2. The quantitative estimate of drug-likeness (QED) is 0.105. The number of rotatable bonds is 4. The second-order valence-corrected chi connectivity index (χ2v) is 15.2. The van der Waals surface area contributed by atoms with Gasteiger partial charge in [-0.15, -0.1) is 0 Å². The summed E-state index contributed by atoms with van der Waals surface area (Å²) >= 11 is 26.7. The molecule has 7 aromatic rings. The summed E-state index contributed by atoms with van der Waals surface area (Å²) in [7, 11) is 0. The van der Waals surface area contributed by atoms with Crippen LogP contribution >= 0.6 is 46.4 Å². The first-order valence-corrected chi connectivity index (χ1v) is 19.2. The molecule has 0 amide bonds. The molecule has 0 atom stereocenters. The number of fused-ring (bicyclic) bond motifs is 8. The predicted molar refractivity (Wildman–Crippen MR) is 220 cm³/mol. The third-order valence-electron chi connectivity index (χ3n) is 10.1. The largest absolute Gasteiger partial charge is 0.354 e. The third kappa shape index (κ3) is 6.38. The molecular formula is C44H16Cl4F10N4. The lowest BCUT2D eigenvalue weighted by Gasteiger charge is -2.11. The molecule has 8 bridgehead atoms. The molecule has 9 rings (SSSR count). The van der Waals surface area contributed by atoms with Crippen molar-refractivity contribution in [3.63, 3.8) is 0 Å². The van der Waals surface area contributed by atoms with Gasteiger partial charge in [-0.2, -0.15) is 0 Å². The molecule has 18 heteroatoms. The molecule has 5 heterocycles. The highest BCUT2D eigenvalue weighted by Crippen LogP contribution is 2.45. The van der Waals surface area contributed by atoms with E-state index in [2.05, 4.69) is 19.9 Å². The van der Waals surface area contributed by atoms with Gasteiger partial charge in [-0.05, 0) is 72.8 Å². The summed E-state index contributed by atoms with van der Waals surface area (Å²) in [5.74, 6) is -22.5. The summed E-state index contributed by atoms with van der Waals surface area (Å²) in [5, 5.41) is 0.0303. The second kappa shape index (κ2) is 15.4. The molecule has 0 saturated carbocycles. The molecule has 0 saturated heterocycles. The third-order valence-corrected chi connectivity index (χ3v) is 11.4. The molecule has 0 radical (unpaired) electrons. The van der Waals surface area contributed by atoms with Crippen molar-refractivity contribution in [2.24, 2.45) is 0 Å². The molecule has 0 aliphatic carbocycles. The Kier molecular flexibility index (Phi) is 10.2. The van der Waals surface area contributed by atoms with Gasteiger partial charge in [-0.25, -0.2) is 53.9 Å². The molecule has 0 unspecified atom stereocenters. The molecule has 4 nitrogen and oxygen atoms in total. The van der Waals surface area contributed by atoms with Gasteiger partial charge in [0.05, 0.1) is 54.0 Å². The highest BCUT2D eigenvalue weighted by molar-refractivity contribution is 6.40. The van der Waals surface area contributed by atoms with E-state index in [4.69, 9.17) is 46.4 Å². The van der Waals surface area contributed by atoms with Crippen LogP contribution in [0.25, 0.3) is 90.9 Å². The smallest absolute Gasteiger partial charge is 0.200 e. The molecule has 4 aromatic carbocycles. The molecule has 2 aliphatic heterocycles. The van der Waals surface area contributed by atoms with Crippen molar-refractivity contribution >= 4 is 92.8 Å². The van der Waals surface area contributed by atoms with Gasteiger partial charge in [0.2, 0.25) is 11.6 Å². The maximum absolute atomic E-state index is 15.9. The van der Waals surface area contributed by atoms with E-state index in [0.717, 1.165) is 0 Å². The zero-order valence-corrected chi connectivity index (χ0v) is 33.3. The number of aromatic nitrogens is 4. The summed E-state index contributed by atoms with van der Waals surface area (Å²) in [6.07, 6.45) is 5.03. The van der Waals surface area contributed by atoms with E-state index in [0.29, 0.717) is 0 Å². The van der Waals surface area contributed by atoms with Crippen LogP contribution in [0.5, 0.6) is 0 Å². The van der Waals surface area contributed by atoms with Crippen molar-refractivity contribution in [1.82, 2.24) is 19.9 Å². The SMILES string of the molecule is Fc1c(F)c(F)c(-c2c3nc(c(-c4c(Cl)cccc4Cl)c4ccc([nH]4)c(-c4c(F)c(F)c(F)c(F)c4F)c4nc(c(-c5c(Cl)cccc5Cl)c5ccc2[nH]5)C=C4)C=C3)c(F)c1F. The van der Waals surface area contributed by atoms with Crippen molar-refractivity contribution in [2.75, 3.05) is 0 Å². The van der Waals surface area contributed by atoms with Crippen LogP contribution in [0.15, 0.2) is 60.7 Å². The average Bonchev–Trinajstić information content (AvgIpc) is 4.10. The summed E-state index contributed by atoms with van der Waals surface area (Å²) in [6, 6.07) is 13.9. The zero-order chi connectivity index (χ0) is 44.0. The van der Waals surface area contributed by atoms with Gasteiger partial charge in [-0.3, -0.25) is 0 Å². The van der Waals surface area contributed by atoms with Crippen LogP contribution in [0.3, 0.4) is 0 Å². The van der Waals surface area contributed by atoms with E-state index < -0.39 is 80.4 Å². The topological polar surface area (TPSA) is 57.4 Å². The van der Waals surface area contributed by atoms with E-state index in [1.165, 1.54) is 85.0 Å². The number of aromatic amines is 2. The summed E-state index contributed by atoms with van der Waals surface area (Å²) in [6.45, 7) is 0. The Balaban J connectivity index is 1.57. The molecule has 2 N–H and O–H groups in total. The second-order valence-electron chi connectivity index (χ2n) is 13.6. The number of nitrogens with one attached hydrogen (secondary N) is 2. The molecule has 310 valence electrons. The highest BCUT2D eigenvalue weighted by Gasteiger charge is 2.32. The van der Waals surface area contributed by atoms with Crippen LogP contribution in [0.4, 0.5) is 43.9 Å². The van der Waals surface area contributed by atoms with Crippen LogP contribution in [-0.2, 0) is 0 Å². The highest BCUT2D eigenvalue weighted by atomic mass is 35.5. The maximum Gasteiger partial charge on any atom is 0.200 e. The predicted octanol–water partition coefficient (Wildman–Crippen LogP) is 15.3. The fourth-order valence-electron chi connectivity index (χ4n) is 7.38. The van der Waals surface area contributed by atoms with Crippen LogP contribution in [0, 0.1) is 58.2 Å². The minimum Gasteiger partial charge on any atom is -0.354 e. The fourth-order valence-corrected chi connectivity index (χ4v) is 8.55. The molecule has 0 fully saturated rings. The Morgan fingerprint density at radius 2 is 0.516 bits per heavy atom. The lowest BCUT2D eigenvalue weighted by molar-refractivity contribution is 0.381. The van der Waals surface area contributed by atoms with Gasteiger partial charge in [0.15, 0.2) is 46.5 Å². The molecule has 62 heavy (non-hydrogen) atoms. The van der Waals surface area contributed by atoms with Gasteiger partial charge in [0.1, 0.15) is 0 Å². The number of halogens is 14. The van der Waals surface area contributed by atoms with E-state index >= 15 is 35.1 Å². The first-order chi connectivity index (χ1) is 29.6. The summed E-state index contributed by atoms with van der Waals surface area (Å²) in [4.78, 5) is 15.0. The number of hydrogen-bond donors (Lipinski definition) is 2. The summed E-state index contributed by atoms with van der Waals surface area (Å²) in [5.41, 5.74) is -5.20. The number of hydrogen-bond acceptors (Lipinski definition) is 2. The Morgan fingerprint density at radius 1 is 0.290 bits per heavy atom. The van der Waals surface area contributed by atoms with Gasteiger partial charge < -0.3 is 9.97 Å². The van der Waals surface area contributed by atoms with E-state index in [1.807, 2.05) is 0 Å². The Bertz CT molecular complexity index is 3060. The van der Waals surface area contributed by atoms with Crippen LogP contribution in [0.2, 0.25) is 20.1 Å². The number of H-pyrrole nitrogens is 2. The van der Waals surface area contributed by atoms with E-state index in [9.17, 15) is 8.78 Å². The molecule has 0 spiro atoms. The first-order valence-electron chi connectivity index (χ1n) is 17.7. The Hall–Kier alpha value is -6.06. The number of benzene rings is 4. The van der Waals surface area contributed by atoms with Crippen LogP contribution in [-0.4, -0.2) is 19.9 Å². The van der Waals surface area contributed by atoms with Gasteiger partial charge >= 0.3 is 0 Å². The lowest BCUT2D eigenvalue weighted by Crippen LogP contribution is -2.05. The van der Waals surface area contributed by atoms with Gasteiger partial charge in [-0.1, -0.05) is 58.5 Å². The van der Waals surface area contributed by atoms with Crippen molar-refractivity contribution in [2.45, 2.75) is 0 Å². The van der Waals surface area contributed by atoms with Crippen molar-refractivity contribution in [1.29, 1.82) is 0 Å². The Morgan fingerprint density at radius 3 is 0.774 bits per heavy atom.